The number of hydrogen-bond donors (Lipinski definition) is 2. The summed E-state index contributed by atoms with van der Waals surface area (Å²) in [4.78, 5) is 57.9. The predicted molar refractivity (Wildman–Crippen MR) is 150 cm³/mol. The second-order valence-electron chi connectivity index (χ2n) is 11.1. The first kappa shape index (κ1) is 26.0. The summed E-state index contributed by atoms with van der Waals surface area (Å²) >= 11 is 0. The molecule has 0 radical (unpaired) electrons. The van der Waals surface area contributed by atoms with E-state index in [1.165, 1.54) is 24.3 Å². The number of anilines is 3. The summed E-state index contributed by atoms with van der Waals surface area (Å²) in [6.45, 7) is 1.92. The molecule has 0 aromatic carbocycles. The van der Waals surface area contributed by atoms with E-state index in [2.05, 4.69) is 25.6 Å². The van der Waals surface area contributed by atoms with Crippen molar-refractivity contribution in [3.63, 3.8) is 0 Å². The quantitative estimate of drug-likeness (QED) is 0.307. The summed E-state index contributed by atoms with van der Waals surface area (Å²) in [6, 6.07) is 6.26. The summed E-state index contributed by atoms with van der Waals surface area (Å²) in [7, 11) is 1.48. The van der Waals surface area contributed by atoms with Gasteiger partial charge in [-0.3, -0.25) is 24.4 Å². The van der Waals surface area contributed by atoms with Crippen LogP contribution in [0, 0.1) is 18.7 Å². The monoisotopic (exact) mass is 569 g/mol. The van der Waals surface area contributed by atoms with Crippen LogP contribution in [0.25, 0.3) is 5.65 Å². The fourth-order valence-corrected chi connectivity index (χ4v) is 5.37. The van der Waals surface area contributed by atoms with Crippen LogP contribution in [0.3, 0.4) is 0 Å². The molecule has 3 fully saturated rings. The number of imidazole rings is 1. The highest BCUT2D eigenvalue weighted by Crippen LogP contribution is 2.47. The van der Waals surface area contributed by atoms with E-state index in [1.807, 2.05) is 22.9 Å². The van der Waals surface area contributed by atoms with Crippen molar-refractivity contribution in [3.8, 4) is 0 Å². The SMILES string of the molecule is Cc1nc([C@@H]2C[C@H]2C(=O)Nc2cc(NCc3cn4cc(C5CC5)cc(N5CC(=O)N(C)C5=O)c4n3)ncn2)ccc1F. The Morgan fingerprint density at radius 2 is 1.90 bits per heavy atom. The first-order valence-electron chi connectivity index (χ1n) is 13.8. The highest BCUT2D eigenvalue weighted by atomic mass is 19.1. The number of amides is 4. The van der Waals surface area contributed by atoms with E-state index in [-0.39, 0.29) is 42.0 Å². The molecule has 42 heavy (non-hydrogen) atoms. The van der Waals surface area contributed by atoms with E-state index >= 15 is 0 Å². The standard InChI is InChI=1S/C29H28FN9O3/c1-15-21(30)5-6-22(34-15)19-8-20(19)28(41)36-25-9-24(32-14-33-25)31-10-18-12-38-11-17(16-3-4-16)7-23(27(38)35-18)39-13-26(40)37(2)29(39)42/h5-7,9,11-12,14,16,19-20H,3-4,8,10,13H2,1-2H3,(H2,31,32,33,36,41)/t19-,20-/m1/s1. The summed E-state index contributed by atoms with van der Waals surface area (Å²) in [5, 5.41) is 6.06. The van der Waals surface area contributed by atoms with Gasteiger partial charge in [0.2, 0.25) is 11.8 Å². The van der Waals surface area contributed by atoms with E-state index in [0.29, 0.717) is 58.9 Å². The Balaban J connectivity index is 1.04. The minimum Gasteiger partial charge on any atom is -0.364 e. The molecule has 2 saturated carbocycles. The minimum atomic E-state index is -0.366. The fraction of sp³-hybridized carbons (Fsp3) is 0.345. The Morgan fingerprint density at radius 3 is 2.64 bits per heavy atom. The number of carbonyl (C=O) groups is 3. The van der Waals surface area contributed by atoms with E-state index in [9.17, 15) is 18.8 Å². The van der Waals surface area contributed by atoms with E-state index in [0.717, 1.165) is 23.3 Å². The molecule has 13 heteroatoms. The van der Waals surface area contributed by atoms with Crippen molar-refractivity contribution in [2.24, 2.45) is 5.92 Å². The maximum atomic E-state index is 13.6. The number of imide groups is 1. The predicted octanol–water partition coefficient (Wildman–Crippen LogP) is 3.60. The lowest BCUT2D eigenvalue weighted by atomic mass is 10.1. The largest absolute Gasteiger partial charge is 0.364 e. The lowest BCUT2D eigenvalue weighted by molar-refractivity contribution is -0.124. The van der Waals surface area contributed by atoms with Gasteiger partial charge in [0, 0.05) is 43.0 Å². The zero-order chi connectivity index (χ0) is 29.1. The number of aromatic nitrogens is 5. The van der Waals surface area contributed by atoms with Gasteiger partial charge < -0.3 is 15.0 Å². The van der Waals surface area contributed by atoms with Crippen LogP contribution in [0.15, 0.2) is 43.0 Å². The number of nitrogens with one attached hydrogen (secondary N) is 2. The smallest absolute Gasteiger partial charge is 0.331 e. The third-order valence-electron chi connectivity index (χ3n) is 8.05. The maximum absolute atomic E-state index is 13.6. The van der Waals surface area contributed by atoms with Gasteiger partial charge in [-0.2, -0.15) is 0 Å². The van der Waals surface area contributed by atoms with Gasteiger partial charge in [0.25, 0.3) is 0 Å². The van der Waals surface area contributed by atoms with Gasteiger partial charge in [-0.1, -0.05) is 0 Å². The summed E-state index contributed by atoms with van der Waals surface area (Å²) in [5.41, 5.74) is 4.07. The molecule has 4 amide bonds. The summed E-state index contributed by atoms with van der Waals surface area (Å²) in [6.07, 6.45) is 8.13. The molecule has 4 aromatic heterocycles. The molecule has 1 saturated heterocycles. The third kappa shape index (κ3) is 4.80. The number of pyridine rings is 2. The molecule has 5 heterocycles. The van der Waals surface area contributed by atoms with Gasteiger partial charge >= 0.3 is 6.03 Å². The molecular formula is C29H28FN9O3. The van der Waals surface area contributed by atoms with E-state index in [1.54, 1.807) is 19.1 Å². The molecule has 2 N–H and O–H groups in total. The Kier molecular flexibility index (Phi) is 6.10. The molecule has 214 valence electrons. The highest BCUT2D eigenvalue weighted by molar-refractivity contribution is 6.13. The van der Waals surface area contributed by atoms with E-state index < -0.39 is 0 Å². The number of nitrogens with zero attached hydrogens (tertiary/aromatic N) is 7. The van der Waals surface area contributed by atoms with Crippen molar-refractivity contribution >= 4 is 40.8 Å². The Morgan fingerprint density at radius 1 is 1.10 bits per heavy atom. The highest BCUT2D eigenvalue weighted by Gasteiger charge is 2.45. The molecular weight excluding hydrogens is 541 g/mol. The Hall–Kier alpha value is -4.94. The first-order chi connectivity index (χ1) is 20.2. The van der Waals surface area contributed by atoms with Crippen LogP contribution in [0.5, 0.6) is 0 Å². The molecule has 2 aliphatic carbocycles. The maximum Gasteiger partial charge on any atom is 0.331 e. The lowest BCUT2D eigenvalue weighted by Gasteiger charge is -2.17. The Labute approximate surface area is 240 Å². The minimum absolute atomic E-state index is 0.0172. The van der Waals surface area contributed by atoms with Crippen LogP contribution in [-0.2, 0) is 16.1 Å². The van der Waals surface area contributed by atoms with Crippen molar-refractivity contribution in [2.75, 3.05) is 29.1 Å². The molecule has 4 aromatic rings. The van der Waals surface area contributed by atoms with Crippen LogP contribution in [0.1, 0.15) is 53.7 Å². The molecule has 0 spiro atoms. The number of halogens is 1. The van der Waals surface area contributed by atoms with Gasteiger partial charge in [-0.05, 0) is 55.9 Å². The van der Waals surface area contributed by atoms with Crippen molar-refractivity contribution in [1.82, 2.24) is 29.2 Å². The van der Waals surface area contributed by atoms with Crippen LogP contribution < -0.4 is 15.5 Å². The van der Waals surface area contributed by atoms with Gasteiger partial charge in [-0.15, -0.1) is 0 Å². The van der Waals surface area contributed by atoms with Crippen LogP contribution in [0.2, 0.25) is 0 Å². The molecule has 12 nitrogen and oxygen atoms in total. The van der Waals surface area contributed by atoms with Crippen molar-refractivity contribution in [1.29, 1.82) is 0 Å². The third-order valence-corrected chi connectivity index (χ3v) is 8.05. The zero-order valence-corrected chi connectivity index (χ0v) is 23.0. The number of aryl methyl sites for hydroxylation is 1. The van der Waals surface area contributed by atoms with Crippen molar-refractivity contribution < 1.29 is 18.8 Å². The molecule has 0 unspecified atom stereocenters. The summed E-state index contributed by atoms with van der Waals surface area (Å²) in [5.74, 6) is 0.222. The number of rotatable bonds is 8. The van der Waals surface area contributed by atoms with Crippen LogP contribution in [0.4, 0.5) is 26.5 Å². The molecule has 2 atom stereocenters. The number of carbonyl (C=O) groups excluding carboxylic acids is 3. The first-order valence-corrected chi connectivity index (χ1v) is 13.8. The molecule has 0 bridgehead atoms. The van der Waals surface area contributed by atoms with Gasteiger partial charge in [-0.25, -0.2) is 24.1 Å². The van der Waals surface area contributed by atoms with Crippen molar-refractivity contribution in [3.05, 3.63) is 71.4 Å². The molecule has 7 rings (SSSR count). The molecule has 1 aliphatic heterocycles. The number of likely N-dealkylation sites (N-methyl/N-ethyl adjacent to an activating group) is 1. The average Bonchev–Trinajstić information content (AvgIpc) is 3.90. The normalized spacial score (nSPS) is 20.0. The average molecular weight is 570 g/mol. The number of hydrogen-bond acceptors (Lipinski definition) is 8. The molecule has 3 aliphatic rings. The van der Waals surface area contributed by atoms with Crippen molar-refractivity contribution in [2.45, 2.75) is 44.6 Å². The fourth-order valence-electron chi connectivity index (χ4n) is 5.37. The van der Waals surface area contributed by atoms with E-state index in [4.69, 9.17) is 4.98 Å². The number of fused-ring (bicyclic) bond motifs is 1. The van der Waals surface area contributed by atoms with Gasteiger partial charge in [0.15, 0.2) is 5.65 Å². The second-order valence-corrected chi connectivity index (χ2v) is 11.1. The van der Waals surface area contributed by atoms with Gasteiger partial charge in [0.05, 0.1) is 23.6 Å². The summed E-state index contributed by atoms with van der Waals surface area (Å²) < 4.78 is 15.5. The van der Waals surface area contributed by atoms with Crippen LogP contribution >= 0.6 is 0 Å². The second kappa shape index (κ2) is 9.86. The Bertz CT molecular complexity index is 1770. The van der Waals surface area contributed by atoms with Crippen LogP contribution in [-0.4, -0.2) is 60.7 Å². The number of urea groups is 1. The topological polar surface area (TPSA) is 138 Å². The van der Waals surface area contributed by atoms with Gasteiger partial charge in [0.1, 0.15) is 30.3 Å². The lowest BCUT2D eigenvalue weighted by Crippen LogP contribution is -2.30. The zero-order valence-electron chi connectivity index (χ0n) is 23.0.